The molecule has 0 saturated carbocycles. The molecule has 18 heavy (non-hydrogen) atoms. The summed E-state index contributed by atoms with van der Waals surface area (Å²) >= 11 is 3.39. The molecule has 0 aliphatic heterocycles. The topological polar surface area (TPSA) is 46.9 Å². The zero-order valence-electron chi connectivity index (χ0n) is 10.1. The summed E-state index contributed by atoms with van der Waals surface area (Å²) in [5, 5.41) is 6.84. The fourth-order valence-corrected chi connectivity index (χ4v) is 1.92. The first-order valence-corrected chi connectivity index (χ1v) is 6.47. The molecule has 0 radical (unpaired) electrons. The van der Waals surface area contributed by atoms with E-state index in [4.69, 9.17) is 0 Å². The Balaban J connectivity index is 1.84. The van der Waals surface area contributed by atoms with E-state index in [9.17, 15) is 4.79 Å². The van der Waals surface area contributed by atoms with Gasteiger partial charge in [-0.15, -0.1) is 0 Å². The van der Waals surface area contributed by atoms with Gasteiger partial charge in [-0.2, -0.15) is 5.10 Å². The highest BCUT2D eigenvalue weighted by Crippen LogP contribution is 2.10. The second kappa shape index (κ2) is 5.82. The van der Waals surface area contributed by atoms with E-state index in [0.29, 0.717) is 12.2 Å². The minimum absolute atomic E-state index is 0.0906. The normalized spacial score (nSPS) is 10.3. The minimum Gasteiger partial charge on any atom is -0.350 e. The van der Waals surface area contributed by atoms with Gasteiger partial charge in [0, 0.05) is 24.3 Å². The molecule has 0 unspecified atom stereocenters. The minimum atomic E-state index is -0.0906. The fraction of sp³-hybridized carbons (Fsp3) is 0.231. The van der Waals surface area contributed by atoms with Crippen LogP contribution in [0.15, 0.2) is 41.0 Å². The number of aromatic nitrogens is 2. The van der Waals surface area contributed by atoms with Gasteiger partial charge in [0.1, 0.15) is 5.69 Å². The second-order valence-corrected chi connectivity index (χ2v) is 4.89. The number of hydrogen-bond donors (Lipinski definition) is 1. The molecule has 2 rings (SSSR count). The molecule has 1 N–H and O–H groups in total. The standard InChI is InChI=1S/C13H14BrN3O/c1-17-12(7-9-16-17)13(18)15-8-6-10-2-4-11(14)5-3-10/h2-5,7,9H,6,8H2,1H3,(H,15,18). The zero-order valence-corrected chi connectivity index (χ0v) is 11.6. The van der Waals surface area contributed by atoms with Crippen LogP contribution < -0.4 is 5.32 Å². The van der Waals surface area contributed by atoms with Crippen LogP contribution in [0.5, 0.6) is 0 Å². The highest BCUT2D eigenvalue weighted by atomic mass is 79.9. The maximum Gasteiger partial charge on any atom is 0.269 e. The quantitative estimate of drug-likeness (QED) is 0.941. The van der Waals surface area contributed by atoms with Gasteiger partial charge in [-0.1, -0.05) is 28.1 Å². The SMILES string of the molecule is Cn1nccc1C(=O)NCCc1ccc(Br)cc1. The first-order valence-electron chi connectivity index (χ1n) is 5.67. The van der Waals surface area contributed by atoms with Crippen LogP contribution in [0.1, 0.15) is 16.1 Å². The average molecular weight is 308 g/mol. The first kappa shape index (κ1) is 12.8. The van der Waals surface area contributed by atoms with E-state index in [0.717, 1.165) is 10.9 Å². The number of benzene rings is 1. The Hall–Kier alpha value is -1.62. The van der Waals surface area contributed by atoms with Gasteiger partial charge in [0.05, 0.1) is 0 Å². The summed E-state index contributed by atoms with van der Waals surface area (Å²) in [6.45, 7) is 0.617. The molecule has 0 atom stereocenters. The molecule has 0 bridgehead atoms. The molecule has 0 aliphatic carbocycles. The van der Waals surface area contributed by atoms with Crippen molar-refractivity contribution >= 4 is 21.8 Å². The number of carbonyl (C=O) groups is 1. The molecule has 4 nitrogen and oxygen atoms in total. The molecule has 94 valence electrons. The molecule has 0 fully saturated rings. The van der Waals surface area contributed by atoms with Crippen LogP contribution in [0.3, 0.4) is 0 Å². The van der Waals surface area contributed by atoms with Crippen LogP contribution in [0.4, 0.5) is 0 Å². The smallest absolute Gasteiger partial charge is 0.269 e. The molecule has 0 saturated heterocycles. The highest BCUT2D eigenvalue weighted by molar-refractivity contribution is 9.10. The van der Waals surface area contributed by atoms with Crippen LogP contribution in [0.2, 0.25) is 0 Å². The van der Waals surface area contributed by atoms with E-state index in [2.05, 4.69) is 26.3 Å². The van der Waals surface area contributed by atoms with E-state index in [1.54, 1.807) is 24.0 Å². The van der Waals surface area contributed by atoms with Gasteiger partial charge in [0.25, 0.3) is 5.91 Å². The molecule has 5 heteroatoms. The summed E-state index contributed by atoms with van der Waals surface area (Å²) in [7, 11) is 1.75. The van der Waals surface area contributed by atoms with Gasteiger partial charge < -0.3 is 5.32 Å². The van der Waals surface area contributed by atoms with Crippen molar-refractivity contribution in [1.29, 1.82) is 0 Å². The van der Waals surface area contributed by atoms with Crippen LogP contribution in [0, 0.1) is 0 Å². The molecule has 1 amide bonds. The Morgan fingerprint density at radius 3 is 2.67 bits per heavy atom. The van der Waals surface area contributed by atoms with Crippen molar-refractivity contribution < 1.29 is 4.79 Å². The van der Waals surface area contributed by atoms with Gasteiger partial charge in [-0.05, 0) is 30.2 Å². The zero-order chi connectivity index (χ0) is 13.0. The molecule has 1 heterocycles. The van der Waals surface area contributed by atoms with Gasteiger partial charge >= 0.3 is 0 Å². The van der Waals surface area contributed by atoms with Crippen molar-refractivity contribution in [1.82, 2.24) is 15.1 Å². The summed E-state index contributed by atoms with van der Waals surface area (Å²) in [4.78, 5) is 11.8. The van der Waals surface area contributed by atoms with Crippen molar-refractivity contribution in [2.45, 2.75) is 6.42 Å². The van der Waals surface area contributed by atoms with Crippen LogP contribution in [-0.4, -0.2) is 22.2 Å². The lowest BCUT2D eigenvalue weighted by molar-refractivity contribution is 0.0945. The third kappa shape index (κ3) is 3.20. The first-order chi connectivity index (χ1) is 8.66. The van der Waals surface area contributed by atoms with Crippen LogP contribution in [-0.2, 0) is 13.5 Å². The number of nitrogens with one attached hydrogen (secondary N) is 1. The van der Waals surface area contributed by atoms with Crippen molar-refractivity contribution in [3.63, 3.8) is 0 Å². The van der Waals surface area contributed by atoms with Crippen LogP contribution >= 0.6 is 15.9 Å². The van der Waals surface area contributed by atoms with Crippen LogP contribution in [0.25, 0.3) is 0 Å². The summed E-state index contributed by atoms with van der Waals surface area (Å²) in [5.74, 6) is -0.0906. The number of halogens is 1. The third-order valence-electron chi connectivity index (χ3n) is 2.67. The monoisotopic (exact) mass is 307 g/mol. The lowest BCUT2D eigenvalue weighted by Crippen LogP contribution is -2.27. The van der Waals surface area contributed by atoms with Gasteiger partial charge in [0.15, 0.2) is 0 Å². The lowest BCUT2D eigenvalue weighted by atomic mass is 10.1. The van der Waals surface area contributed by atoms with Gasteiger partial charge in [-0.3, -0.25) is 9.48 Å². The Morgan fingerprint density at radius 2 is 2.06 bits per heavy atom. The molecule has 0 spiro atoms. The van der Waals surface area contributed by atoms with Crippen molar-refractivity contribution in [2.24, 2.45) is 7.05 Å². The van der Waals surface area contributed by atoms with Crippen molar-refractivity contribution in [2.75, 3.05) is 6.54 Å². The van der Waals surface area contributed by atoms with E-state index in [-0.39, 0.29) is 5.91 Å². The van der Waals surface area contributed by atoms with Gasteiger partial charge in [-0.25, -0.2) is 0 Å². The van der Waals surface area contributed by atoms with Crippen molar-refractivity contribution in [3.05, 3.63) is 52.3 Å². The Kier molecular flexibility index (Phi) is 4.15. The predicted octanol–water partition coefficient (Wildman–Crippen LogP) is 2.16. The average Bonchev–Trinajstić information content (AvgIpc) is 2.78. The summed E-state index contributed by atoms with van der Waals surface area (Å²) in [5.41, 5.74) is 1.77. The third-order valence-corrected chi connectivity index (χ3v) is 3.19. The molecular formula is C13H14BrN3O. The van der Waals surface area contributed by atoms with E-state index >= 15 is 0 Å². The Morgan fingerprint density at radius 1 is 1.33 bits per heavy atom. The molecule has 1 aromatic carbocycles. The molecular weight excluding hydrogens is 294 g/mol. The largest absolute Gasteiger partial charge is 0.350 e. The number of hydrogen-bond acceptors (Lipinski definition) is 2. The van der Waals surface area contributed by atoms with E-state index in [1.165, 1.54) is 5.56 Å². The maximum absolute atomic E-state index is 11.8. The summed E-state index contributed by atoms with van der Waals surface area (Å²) in [6, 6.07) is 9.78. The number of carbonyl (C=O) groups excluding carboxylic acids is 1. The molecule has 0 aliphatic rings. The lowest BCUT2D eigenvalue weighted by Gasteiger charge is -2.05. The number of rotatable bonds is 4. The molecule has 1 aromatic heterocycles. The van der Waals surface area contributed by atoms with E-state index in [1.807, 2.05) is 24.3 Å². The maximum atomic E-state index is 11.8. The summed E-state index contributed by atoms with van der Waals surface area (Å²) < 4.78 is 2.62. The fourth-order valence-electron chi connectivity index (χ4n) is 1.66. The van der Waals surface area contributed by atoms with Crippen molar-refractivity contribution in [3.8, 4) is 0 Å². The number of aryl methyl sites for hydroxylation is 1. The highest BCUT2D eigenvalue weighted by Gasteiger charge is 2.08. The number of amides is 1. The second-order valence-electron chi connectivity index (χ2n) is 3.97. The predicted molar refractivity (Wildman–Crippen MR) is 73.4 cm³/mol. The summed E-state index contributed by atoms with van der Waals surface area (Å²) in [6.07, 6.45) is 2.43. The van der Waals surface area contributed by atoms with Gasteiger partial charge in [0.2, 0.25) is 0 Å². The van der Waals surface area contributed by atoms with E-state index < -0.39 is 0 Å². The number of nitrogens with zero attached hydrogens (tertiary/aromatic N) is 2. The Labute approximate surface area is 114 Å². The molecule has 2 aromatic rings. The Bertz CT molecular complexity index is 533.